The Labute approximate surface area is 125 Å². The van der Waals surface area contributed by atoms with E-state index in [1.807, 2.05) is 0 Å². The summed E-state index contributed by atoms with van der Waals surface area (Å²) in [7, 11) is 0. The molecule has 2 atom stereocenters. The normalized spacial score (nSPS) is 23.2. The summed E-state index contributed by atoms with van der Waals surface area (Å²) in [5.74, 6) is 1.53. The minimum atomic E-state index is -0.208. The fourth-order valence-electron chi connectivity index (χ4n) is 2.92. The summed E-state index contributed by atoms with van der Waals surface area (Å²) in [6, 6.07) is 0.116. The highest BCUT2D eigenvalue weighted by Crippen LogP contribution is 2.23. The number of nitrogens with zero attached hydrogens (tertiary/aromatic N) is 2. The lowest BCUT2D eigenvalue weighted by atomic mass is 9.94. The van der Waals surface area contributed by atoms with Crippen molar-refractivity contribution in [1.82, 2.24) is 15.5 Å². The van der Waals surface area contributed by atoms with Gasteiger partial charge in [-0.25, -0.2) is 0 Å². The third kappa shape index (κ3) is 4.81. The monoisotopic (exact) mass is 294 g/mol. The van der Waals surface area contributed by atoms with E-state index in [9.17, 15) is 4.79 Å². The molecule has 1 fully saturated rings. The minimum Gasteiger partial charge on any atom is -0.369 e. The number of carbonyl (C=O) groups excluding carboxylic acids is 1. The molecule has 1 aliphatic carbocycles. The van der Waals surface area contributed by atoms with E-state index >= 15 is 0 Å². The molecule has 2 unspecified atom stereocenters. The van der Waals surface area contributed by atoms with Crippen molar-refractivity contribution >= 4 is 5.91 Å². The molecular weight excluding hydrogens is 268 g/mol. The zero-order valence-electron chi connectivity index (χ0n) is 13.0. The van der Waals surface area contributed by atoms with Gasteiger partial charge in [-0.3, -0.25) is 4.79 Å². The predicted octanol–water partition coefficient (Wildman–Crippen LogP) is 1.79. The maximum absolute atomic E-state index is 11.6. The minimum absolute atomic E-state index is 0.0921. The molecular formula is C15H26N4O2. The Bertz CT molecular complexity index is 458. The van der Waals surface area contributed by atoms with Crippen LogP contribution in [0.2, 0.25) is 0 Å². The van der Waals surface area contributed by atoms with Crippen LogP contribution in [0.1, 0.15) is 57.7 Å². The second kappa shape index (κ2) is 7.54. The van der Waals surface area contributed by atoms with Gasteiger partial charge in [0.25, 0.3) is 0 Å². The second-order valence-electron chi connectivity index (χ2n) is 6.34. The van der Waals surface area contributed by atoms with Crippen LogP contribution in [0.15, 0.2) is 4.52 Å². The molecule has 3 N–H and O–H groups in total. The second-order valence-corrected chi connectivity index (χ2v) is 6.34. The van der Waals surface area contributed by atoms with E-state index in [0.29, 0.717) is 18.4 Å². The smallest absolute Gasteiger partial charge is 0.240 e. The first kappa shape index (κ1) is 15.9. The van der Waals surface area contributed by atoms with E-state index < -0.39 is 0 Å². The summed E-state index contributed by atoms with van der Waals surface area (Å²) in [6.07, 6.45) is 6.03. The average Bonchev–Trinajstić information content (AvgIpc) is 2.71. The van der Waals surface area contributed by atoms with Gasteiger partial charge < -0.3 is 15.6 Å². The number of hydrogen-bond acceptors (Lipinski definition) is 5. The van der Waals surface area contributed by atoms with Crippen LogP contribution < -0.4 is 11.1 Å². The molecule has 6 nitrogen and oxygen atoms in total. The van der Waals surface area contributed by atoms with Crippen LogP contribution in [0.3, 0.4) is 0 Å². The number of primary amides is 1. The molecule has 118 valence electrons. The number of hydrogen-bond donors (Lipinski definition) is 2. The number of amides is 1. The molecule has 1 heterocycles. The lowest BCUT2D eigenvalue weighted by Gasteiger charge is -2.22. The SMILES string of the molecule is CC(C)Cc1noc(CNC2CCCCCC2C(N)=O)n1. The van der Waals surface area contributed by atoms with Gasteiger partial charge >= 0.3 is 0 Å². The van der Waals surface area contributed by atoms with Gasteiger partial charge in [0.15, 0.2) is 5.82 Å². The van der Waals surface area contributed by atoms with Gasteiger partial charge in [-0.05, 0) is 18.8 Å². The molecule has 1 amide bonds. The molecule has 0 bridgehead atoms. The van der Waals surface area contributed by atoms with Gasteiger partial charge in [-0.15, -0.1) is 0 Å². The number of aromatic nitrogens is 2. The summed E-state index contributed by atoms with van der Waals surface area (Å²) in [4.78, 5) is 16.0. The zero-order chi connectivity index (χ0) is 15.2. The molecule has 6 heteroatoms. The fraction of sp³-hybridized carbons (Fsp3) is 0.800. The summed E-state index contributed by atoms with van der Waals surface area (Å²) in [5.41, 5.74) is 5.52. The van der Waals surface area contributed by atoms with Crippen LogP contribution in [0.25, 0.3) is 0 Å². The molecule has 0 aromatic carbocycles. The van der Waals surface area contributed by atoms with Crippen molar-refractivity contribution in [3.8, 4) is 0 Å². The maximum Gasteiger partial charge on any atom is 0.240 e. The summed E-state index contributed by atoms with van der Waals surface area (Å²) in [6.45, 7) is 4.74. The Kier molecular flexibility index (Phi) is 5.73. The zero-order valence-corrected chi connectivity index (χ0v) is 13.0. The molecule has 0 spiro atoms. The van der Waals surface area contributed by atoms with Crippen LogP contribution >= 0.6 is 0 Å². The van der Waals surface area contributed by atoms with E-state index in [4.69, 9.17) is 10.3 Å². The van der Waals surface area contributed by atoms with E-state index in [-0.39, 0.29) is 17.9 Å². The van der Waals surface area contributed by atoms with Gasteiger partial charge in [0.05, 0.1) is 12.5 Å². The van der Waals surface area contributed by atoms with Crippen LogP contribution in [0, 0.1) is 11.8 Å². The number of nitrogens with two attached hydrogens (primary N) is 1. The van der Waals surface area contributed by atoms with Gasteiger partial charge in [-0.2, -0.15) is 4.98 Å². The number of rotatable bonds is 6. The van der Waals surface area contributed by atoms with Crippen molar-refractivity contribution in [2.24, 2.45) is 17.6 Å². The summed E-state index contributed by atoms with van der Waals surface area (Å²) >= 11 is 0. The third-order valence-electron chi connectivity index (χ3n) is 4.00. The Morgan fingerprint density at radius 2 is 2.14 bits per heavy atom. The Balaban J connectivity index is 1.90. The third-order valence-corrected chi connectivity index (χ3v) is 4.00. The van der Waals surface area contributed by atoms with Gasteiger partial charge in [0.1, 0.15) is 0 Å². The summed E-state index contributed by atoms with van der Waals surface area (Å²) < 4.78 is 5.24. The van der Waals surface area contributed by atoms with Crippen molar-refractivity contribution in [1.29, 1.82) is 0 Å². The first-order valence-electron chi connectivity index (χ1n) is 7.90. The van der Waals surface area contributed by atoms with Gasteiger partial charge in [-0.1, -0.05) is 38.3 Å². The van der Waals surface area contributed by atoms with Crippen molar-refractivity contribution in [2.75, 3.05) is 0 Å². The topological polar surface area (TPSA) is 94.0 Å². The average molecular weight is 294 g/mol. The highest BCUT2D eigenvalue weighted by molar-refractivity contribution is 5.77. The van der Waals surface area contributed by atoms with Crippen molar-refractivity contribution < 1.29 is 9.32 Å². The molecule has 1 aromatic rings. The maximum atomic E-state index is 11.6. The lowest BCUT2D eigenvalue weighted by molar-refractivity contribution is -0.122. The Morgan fingerprint density at radius 1 is 1.38 bits per heavy atom. The predicted molar refractivity (Wildman–Crippen MR) is 79.2 cm³/mol. The first-order valence-corrected chi connectivity index (χ1v) is 7.90. The largest absolute Gasteiger partial charge is 0.369 e. The highest BCUT2D eigenvalue weighted by atomic mass is 16.5. The lowest BCUT2D eigenvalue weighted by Crippen LogP contribution is -2.42. The molecule has 2 rings (SSSR count). The standard InChI is InChI=1S/C15H26N4O2/c1-10(2)8-13-18-14(21-19-13)9-17-12-7-5-3-4-6-11(12)15(16)20/h10-12,17H,3-9H2,1-2H3,(H2,16,20). The van der Waals surface area contributed by atoms with Crippen LogP contribution in [0.4, 0.5) is 0 Å². The van der Waals surface area contributed by atoms with Crippen LogP contribution in [-0.4, -0.2) is 22.1 Å². The molecule has 0 radical (unpaired) electrons. The van der Waals surface area contributed by atoms with Gasteiger partial charge in [0.2, 0.25) is 11.8 Å². The van der Waals surface area contributed by atoms with Gasteiger partial charge in [0, 0.05) is 12.5 Å². The highest BCUT2D eigenvalue weighted by Gasteiger charge is 2.28. The quantitative estimate of drug-likeness (QED) is 0.780. The van der Waals surface area contributed by atoms with Crippen molar-refractivity contribution in [2.45, 2.75) is 65.0 Å². The summed E-state index contributed by atoms with van der Waals surface area (Å²) in [5, 5.41) is 7.35. The Hall–Kier alpha value is -1.43. The van der Waals surface area contributed by atoms with Crippen LogP contribution in [0.5, 0.6) is 0 Å². The van der Waals surface area contributed by atoms with E-state index in [2.05, 4.69) is 29.3 Å². The van der Waals surface area contributed by atoms with Crippen molar-refractivity contribution in [3.05, 3.63) is 11.7 Å². The Morgan fingerprint density at radius 3 is 2.86 bits per heavy atom. The molecule has 21 heavy (non-hydrogen) atoms. The first-order chi connectivity index (χ1) is 10.1. The van der Waals surface area contributed by atoms with E-state index in [1.54, 1.807) is 0 Å². The van der Waals surface area contributed by atoms with E-state index in [0.717, 1.165) is 37.9 Å². The van der Waals surface area contributed by atoms with Crippen LogP contribution in [-0.2, 0) is 17.8 Å². The molecule has 1 aromatic heterocycles. The fourth-order valence-corrected chi connectivity index (χ4v) is 2.92. The van der Waals surface area contributed by atoms with E-state index in [1.165, 1.54) is 6.42 Å². The number of carbonyl (C=O) groups is 1. The number of nitrogens with one attached hydrogen (secondary N) is 1. The molecule has 1 aliphatic rings. The molecule has 0 saturated heterocycles. The van der Waals surface area contributed by atoms with Crippen molar-refractivity contribution in [3.63, 3.8) is 0 Å². The molecule has 1 saturated carbocycles. The molecule has 0 aliphatic heterocycles.